The van der Waals surface area contributed by atoms with Crippen LogP contribution in [-0.2, 0) is 19.7 Å². The summed E-state index contributed by atoms with van der Waals surface area (Å²) in [6, 6.07) is 8.40. The van der Waals surface area contributed by atoms with Crippen LogP contribution in [0.3, 0.4) is 0 Å². The van der Waals surface area contributed by atoms with Gasteiger partial charge in [0, 0.05) is 53.8 Å². The van der Waals surface area contributed by atoms with Crippen molar-refractivity contribution in [2.75, 3.05) is 32.2 Å². The molecule has 0 aliphatic rings. The molecule has 0 aliphatic carbocycles. The average Bonchev–Trinajstić information content (AvgIpc) is 2.98. The number of rotatable bonds is 9. The van der Waals surface area contributed by atoms with Gasteiger partial charge in [0.05, 0.1) is 16.0 Å². The molecule has 3 N–H and O–H groups in total. The molecule has 33 heavy (non-hydrogen) atoms. The molecule has 1 unspecified atom stereocenters. The largest absolute Gasteiger partial charge is 0.492 e. The summed E-state index contributed by atoms with van der Waals surface area (Å²) in [7, 11) is -7.93. The summed E-state index contributed by atoms with van der Waals surface area (Å²) < 4.78 is 54.8. The van der Waals surface area contributed by atoms with Crippen LogP contribution in [0.25, 0.3) is 10.9 Å². The molecule has 1 aromatic heterocycles. The molecule has 0 amide bonds. The maximum atomic E-state index is 12.3. The zero-order chi connectivity index (χ0) is 24.6. The SMILES string of the molecule is Cc1[nH]c2cc(OCCNCC(O)c3ccc(Cl)c(S(C)(=O)=O)c3S(C)(=O)=O)ccc2c1C. The van der Waals surface area contributed by atoms with Gasteiger partial charge in [0.2, 0.25) is 0 Å². The third-order valence-electron chi connectivity index (χ3n) is 5.36. The Bertz CT molecular complexity index is 1400. The molecule has 0 aliphatic heterocycles. The van der Waals surface area contributed by atoms with E-state index in [-0.39, 0.29) is 17.1 Å². The first-order chi connectivity index (χ1) is 15.3. The second kappa shape index (κ2) is 9.63. The molecule has 0 saturated heterocycles. The normalized spacial score (nSPS) is 13.4. The van der Waals surface area contributed by atoms with Crippen molar-refractivity contribution in [3.63, 3.8) is 0 Å². The molecule has 180 valence electrons. The summed E-state index contributed by atoms with van der Waals surface area (Å²) in [5.41, 5.74) is 3.26. The quantitative estimate of drug-likeness (QED) is 0.375. The van der Waals surface area contributed by atoms with Gasteiger partial charge in [0.1, 0.15) is 17.3 Å². The number of aromatic nitrogens is 1. The highest BCUT2D eigenvalue weighted by Crippen LogP contribution is 2.34. The fourth-order valence-corrected chi connectivity index (χ4v) is 7.17. The molecule has 3 rings (SSSR count). The number of halogens is 1. The Balaban J connectivity index is 1.66. The zero-order valence-corrected chi connectivity index (χ0v) is 21.2. The second-order valence-corrected chi connectivity index (χ2v) is 12.3. The minimum atomic E-state index is -3.98. The Labute approximate surface area is 198 Å². The molecule has 0 bridgehead atoms. The van der Waals surface area contributed by atoms with Gasteiger partial charge in [-0.3, -0.25) is 0 Å². The molecule has 0 saturated carbocycles. The first-order valence-electron chi connectivity index (χ1n) is 10.1. The number of H-pyrrole nitrogens is 1. The van der Waals surface area contributed by atoms with Crippen LogP contribution in [0.5, 0.6) is 5.75 Å². The van der Waals surface area contributed by atoms with Crippen LogP contribution in [0, 0.1) is 13.8 Å². The number of aromatic amines is 1. The van der Waals surface area contributed by atoms with Crippen molar-refractivity contribution in [3.05, 3.63) is 52.2 Å². The van der Waals surface area contributed by atoms with Crippen molar-refractivity contribution in [2.45, 2.75) is 29.7 Å². The highest BCUT2D eigenvalue weighted by Gasteiger charge is 2.29. The summed E-state index contributed by atoms with van der Waals surface area (Å²) in [5, 5.41) is 14.5. The Kier molecular flexibility index (Phi) is 7.45. The van der Waals surface area contributed by atoms with Crippen LogP contribution in [0.15, 0.2) is 40.1 Å². The first kappa shape index (κ1) is 25.5. The van der Waals surface area contributed by atoms with E-state index in [1.807, 2.05) is 25.1 Å². The van der Waals surface area contributed by atoms with E-state index in [0.29, 0.717) is 18.9 Å². The van der Waals surface area contributed by atoms with E-state index in [9.17, 15) is 21.9 Å². The number of hydrogen-bond acceptors (Lipinski definition) is 7. The van der Waals surface area contributed by atoms with Gasteiger partial charge < -0.3 is 20.1 Å². The van der Waals surface area contributed by atoms with Crippen molar-refractivity contribution >= 4 is 42.2 Å². The summed E-state index contributed by atoms with van der Waals surface area (Å²) >= 11 is 5.99. The lowest BCUT2D eigenvalue weighted by Crippen LogP contribution is -2.27. The summed E-state index contributed by atoms with van der Waals surface area (Å²) in [6.45, 7) is 4.74. The summed E-state index contributed by atoms with van der Waals surface area (Å²) in [4.78, 5) is 2.33. The molecule has 1 atom stereocenters. The lowest BCUT2D eigenvalue weighted by molar-refractivity contribution is 0.168. The number of ether oxygens (including phenoxy) is 1. The number of hydrogen-bond donors (Lipinski definition) is 3. The third kappa shape index (κ3) is 5.70. The van der Waals surface area contributed by atoms with Gasteiger partial charge in [-0.05, 0) is 37.6 Å². The molecule has 8 nitrogen and oxygen atoms in total. The molecule has 1 heterocycles. The number of benzene rings is 2. The molecular formula is C22H27ClN2O6S2. The number of sulfone groups is 2. The van der Waals surface area contributed by atoms with Crippen LogP contribution in [0.2, 0.25) is 5.02 Å². The smallest absolute Gasteiger partial charge is 0.178 e. The Morgan fingerprint density at radius 2 is 1.73 bits per heavy atom. The van der Waals surface area contributed by atoms with Crippen LogP contribution >= 0.6 is 11.6 Å². The van der Waals surface area contributed by atoms with Crippen molar-refractivity contribution in [3.8, 4) is 5.75 Å². The third-order valence-corrected chi connectivity index (χ3v) is 8.26. The van der Waals surface area contributed by atoms with E-state index in [1.54, 1.807) is 0 Å². The van der Waals surface area contributed by atoms with Crippen LogP contribution in [0.1, 0.15) is 22.9 Å². The maximum absolute atomic E-state index is 12.3. The fourth-order valence-electron chi connectivity index (χ4n) is 3.68. The molecule has 0 fully saturated rings. The highest BCUT2D eigenvalue weighted by molar-refractivity contribution is 7.94. The number of aryl methyl sites for hydroxylation is 2. The first-order valence-corrected chi connectivity index (χ1v) is 14.3. The Hall–Kier alpha value is -2.11. The Morgan fingerprint density at radius 1 is 1.06 bits per heavy atom. The van der Waals surface area contributed by atoms with Crippen LogP contribution in [0.4, 0.5) is 0 Å². The van der Waals surface area contributed by atoms with Crippen molar-refractivity contribution in [2.24, 2.45) is 0 Å². The summed E-state index contributed by atoms with van der Waals surface area (Å²) in [6.07, 6.45) is 0.491. The zero-order valence-electron chi connectivity index (χ0n) is 18.8. The van der Waals surface area contributed by atoms with Crippen LogP contribution < -0.4 is 10.1 Å². The average molecular weight is 515 g/mol. The van der Waals surface area contributed by atoms with Crippen LogP contribution in [-0.4, -0.2) is 59.1 Å². The molecule has 3 aromatic rings. The van der Waals surface area contributed by atoms with Gasteiger partial charge in [0.25, 0.3) is 0 Å². The lowest BCUT2D eigenvalue weighted by atomic mass is 10.1. The number of nitrogens with one attached hydrogen (secondary N) is 2. The van der Waals surface area contributed by atoms with E-state index in [1.165, 1.54) is 17.7 Å². The predicted molar refractivity (Wildman–Crippen MR) is 129 cm³/mol. The minimum Gasteiger partial charge on any atom is -0.492 e. The van der Waals surface area contributed by atoms with E-state index in [2.05, 4.69) is 17.2 Å². The molecule has 2 aromatic carbocycles. The van der Waals surface area contributed by atoms with E-state index in [4.69, 9.17) is 16.3 Å². The predicted octanol–water partition coefficient (Wildman–Crippen LogP) is 2.95. The van der Waals surface area contributed by atoms with E-state index < -0.39 is 35.6 Å². The van der Waals surface area contributed by atoms with Gasteiger partial charge in [-0.15, -0.1) is 0 Å². The van der Waals surface area contributed by atoms with E-state index in [0.717, 1.165) is 29.1 Å². The molecule has 0 spiro atoms. The van der Waals surface area contributed by atoms with Gasteiger partial charge in [-0.2, -0.15) is 0 Å². The highest BCUT2D eigenvalue weighted by atomic mass is 35.5. The van der Waals surface area contributed by atoms with E-state index >= 15 is 0 Å². The van der Waals surface area contributed by atoms with Gasteiger partial charge in [-0.25, -0.2) is 16.8 Å². The standard InChI is InChI=1S/C22H27ClN2O6S2/c1-13-14(2)25-19-11-15(5-6-16(13)19)31-10-9-24-12-20(26)17-7-8-18(23)22(33(4,29)30)21(17)32(3,27)28/h5-8,11,20,24-26H,9-10,12H2,1-4H3. The Morgan fingerprint density at radius 3 is 2.36 bits per heavy atom. The molecular weight excluding hydrogens is 488 g/mol. The van der Waals surface area contributed by atoms with Gasteiger partial charge in [0.15, 0.2) is 19.7 Å². The minimum absolute atomic E-state index is 0.00916. The second-order valence-electron chi connectivity index (χ2n) is 7.99. The summed E-state index contributed by atoms with van der Waals surface area (Å²) in [5.74, 6) is 0.695. The van der Waals surface area contributed by atoms with Gasteiger partial charge in [-0.1, -0.05) is 17.7 Å². The monoisotopic (exact) mass is 514 g/mol. The topological polar surface area (TPSA) is 126 Å². The maximum Gasteiger partial charge on any atom is 0.178 e. The van der Waals surface area contributed by atoms with Crippen molar-refractivity contribution < 1.29 is 26.7 Å². The lowest BCUT2D eigenvalue weighted by Gasteiger charge is -2.18. The van der Waals surface area contributed by atoms with Crippen molar-refractivity contribution in [1.29, 1.82) is 0 Å². The fraction of sp³-hybridized carbons (Fsp3) is 0.364. The molecule has 0 radical (unpaired) electrons. The number of aliphatic hydroxyl groups excluding tert-OH is 1. The molecule has 11 heteroatoms. The number of aliphatic hydroxyl groups is 1. The number of fused-ring (bicyclic) bond motifs is 1. The van der Waals surface area contributed by atoms with Crippen molar-refractivity contribution in [1.82, 2.24) is 10.3 Å². The van der Waals surface area contributed by atoms with Gasteiger partial charge >= 0.3 is 0 Å².